The van der Waals surface area contributed by atoms with Crippen LogP contribution in [-0.4, -0.2) is 51.8 Å². The smallest absolute Gasteiger partial charge is 0.258 e. The van der Waals surface area contributed by atoms with Crippen molar-refractivity contribution in [3.8, 4) is 0 Å². The van der Waals surface area contributed by atoms with Crippen LogP contribution in [0.1, 0.15) is 41.4 Å². The SMILES string of the molecule is CCN(Cc1ccccc1)C(=O)c1c(C)nc2[nH]ncc2c1NC1CCOCC1. The van der Waals surface area contributed by atoms with Crippen LogP contribution in [-0.2, 0) is 11.3 Å². The van der Waals surface area contributed by atoms with Crippen molar-refractivity contribution < 1.29 is 9.53 Å². The Morgan fingerprint density at radius 1 is 1.28 bits per heavy atom. The molecule has 2 aromatic heterocycles. The molecule has 7 nitrogen and oxygen atoms in total. The third kappa shape index (κ3) is 4.10. The minimum Gasteiger partial charge on any atom is -0.381 e. The molecule has 0 unspecified atom stereocenters. The summed E-state index contributed by atoms with van der Waals surface area (Å²) in [5.41, 5.74) is 3.96. The summed E-state index contributed by atoms with van der Waals surface area (Å²) in [7, 11) is 0. The Balaban J connectivity index is 1.71. The number of hydrogen-bond donors (Lipinski definition) is 2. The maximum absolute atomic E-state index is 13.6. The van der Waals surface area contributed by atoms with E-state index in [1.165, 1.54) is 0 Å². The molecule has 0 radical (unpaired) electrons. The van der Waals surface area contributed by atoms with Gasteiger partial charge in [0, 0.05) is 32.3 Å². The van der Waals surface area contributed by atoms with Gasteiger partial charge in [0.25, 0.3) is 5.91 Å². The van der Waals surface area contributed by atoms with Gasteiger partial charge >= 0.3 is 0 Å². The van der Waals surface area contributed by atoms with E-state index in [4.69, 9.17) is 4.74 Å². The van der Waals surface area contributed by atoms with Gasteiger partial charge in [0.15, 0.2) is 5.65 Å². The molecule has 1 saturated heterocycles. The molecule has 1 fully saturated rings. The van der Waals surface area contributed by atoms with Gasteiger partial charge in [-0.25, -0.2) is 4.98 Å². The van der Waals surface area contributed by atoms with E-state index in [0.29, 0.717) is 30.0 Å². The number of hydrogen-bond acceptors (Lipinski definition) is 5. The largest absolute Gasteiger partial charge is 0.381 e. The standard InChI is InChI=1S/C22H27N5O2/c1-3-27(14-16-7-5-4-6-8-16)22(28)19-15(2)24-21-18(13-23-26-21)20(19)25-17-9-11-29-12-10-17/h4-8,13,17H,3,9-12,14H2,1-2H3,(H2,23,24,25,26). The van der Waals surface area contributed by atoms with Crippen LogP contribution in [0.15, 0.2) is 36.5 Å². The summed E-state index contributed by atoms with van der Waals surface area (Å²) in [5.74, 6) is -0.0148. The number of rotatable bonds is 6. The zero-order valence-corrected chi connectivity index (χ0v) is 16.9. The van der Waals surface area contributed by atoms with Gasteiger partial charge in [0.2, 0.25) is 0 Å². The molecule has 0 bridgehead atoms. The van der Waals surface area contributed by atoms with Gasteiger partial charge < -0.3 is 15.0 Å². The first-order valence-electron chi connectivity index (χ1n) is 10.2. The summed E-state index contributed by atoms with van der Waals surface area (Å²) in [5, 5.41) is 11.6. The van der Waals surface area contributed by atoms with Crippen molar-refractivity contribution in [1.82, 2.24) is 20.1 Å². The number of anilines is 1. The minimum atomic E-state index is -0.0148. The van der Waals surface area contributed by atoms with Gasteiger partial charge in [-0.2, -0.15) is 5.10 Å². The lowest BCUT2D eigenvalue weighted by molar-refractivity contribution is 0.0752. The molecule has 1 aliphatic heterocycles. The maximum atomic E-state index is 13.6. The first-order valence-corrected chi connectivity index (χ1v) is 10.2. The number of nitrogens with zero attached hydrogens (tertiary/aromatic N) is 3. The van der Waals surface area contributed by atoms with Gasteiger partial charge in [0.1, 0.15) is 0 Å². The van der Waals surface area contributed by atoms with Crippen LogP contribution in [0.5, 0.6) is 0 Å². The summed E-state index contributed by atoms with van der Waals surface area (Å²) < 4.78 is 5.49. The fraction of sp³-hybridized carbons (Fsp3) is 0.409. The van der Waals surface area contributed by atoms with Gasteiger partial charge in [-0.1, -0.05) is 30.3 Å². The average molecular weight is 393 g/mol. The number of aromatic nitrogens is 3. The van der Waals surface area contributed by atoms with Crippen molar-refractivity contribution in [2.24, 2.45) is 0 Å². The van der Waals surface area contributed by atoms with Crippen molar-refractivity contribution >= 4 is 22.6 Å². The zero-order valence-electron chi connectivity index (χ0n) is 16.9. The van der Waals surface area contributed by atoms with Crippen molar-refractivity contribution in [3.05, 3.63) is 53.3 Å². The van der Waals surface area contributed by atoms with Crippen LogP contribution in [0.3, 0.4) is 0 Å². The number of aryl methyl sites for hydroxylation is 1. The second-order valence-electron chi connectivity index (χ2n) is 7.42. The predicted molar refractivity (Wildman–Crippen MR) is 113 cm³/mol. The molecule has 2 N–H and O–H groups in total. The second-order valence-corrected chi connectivity index (χ2v) is 7.42. The summed E-state index contributed by atoms with van der Waals surface area (Å²) >= 11 is 0. The number of aromatic amines is 1. The van der Waals surface area contributed by atoms with Crippen LogP contribution in [0.2, 0.25) is 0 Å². The molecule has 29 heavy (non-hydrogen) atoms. The highest BCUT2D eigenvalue weighted by Gasteiger charge is 2.26. The highest BCUT2D eigenvalue weighted by atomic mass is 16.5. The Bertz CT molecular complexity index is 980. The Hall–Kier alpha value is -2.93. The number of nitrogens with one attached hydrogen (secondary N) is 2. The molecule has 0 spiro atoms. The van der Waals surface area contributed by atoms with Crippen molar-refractivity contribution in [3.63, 3.8) is 0 Å². The van der Waals surface area contributed by atoms with E-state index in [0.717, 1.165) is 42.7 Å². The number of H-pyrrole nitrogens is 1. The van der Waals surface area contributed by atoms with E-state index in [2.05, 4.69) is 20.5 Å². The number of amides is 1. The topological polar surface area (TPSA) is 83.1 Å². The molecule has 1 aromatic carbocycles. The first-order chi connectivity index (χ1) is 14.2. The van der Waals surface area contributed by atoms with Gasteiger partial charge in [0.05, 0.1) is 28.5 Å². The van der Waals surface area contributed by atoms with Gasteiger partial charge in [-0.05, 0) is 32.3 Å². The molecule has 1 aliphatic rings. The first kappa shape index (κ1) is 19.4. The molecule has 3 heterocycles. The third-order valence-electron chi connectivity index (χ3n) is 5.45. The monoisotopic (exact) mass is 393 g/mol. The molecule has 7 heteroatoms. The predicted octanol–water partition coefficient (Wildman–Crippen LogP) is 3.52. The highest BCUT2D eigenvalue weighted by molar-refractivity contribution is 6.07. The number of fused-ring (bicyclic) bond motifs is 1. The molecule has 0 atom stereocenters. The lowest BCUT2D eigenvalue weighted by atomic mass is 10.0. The van der Waals surface area contributed by atoms with Crippen molar-refractivity contribution in [2.45, 2.75) is 39.3 Å². The molecular weight excluding hydrogens is 366 g/mol. The lowest BCUT2D eigenvalue weighted by Gasteiger charge is -2.28. The van der Waals surface area contributed by atoms with Crippen LogP contribution < -0.4 is 5.32 Å². The maximum Gasteiger partial charge on any atom is 0.258 e. The average Bonchev–Trinajstić information content (AvgIpc) is 3.21. The second kappa shape index (κ2) is 8.61. The quantitative estimate of drug-likeness (QED) is 0.670. The minimum absolute atomic E-state index is 0.0148. The van der Waals surface area contributed by atoms with Crippen molar-refractivity contribution in [1.29, 1.82) is 0 Å². The van der Waals surface area contributed by atoms with Crippen LogP contribution in [0.25, 0.3) is 11.0 Å². The number of carbonyl (C=O) groups is 1. The number of carbonyl (C=O) groups excluding carboxylic acids is 1. The Kier molecular flexibility index (Phi) is 5.76. The van der Waals surface area contributed by atoms with Crippen LogP contribution in [0, 0.1) is 6.92 Å². The molecule has 0 saturated carbocycles. The molecule has 152 valence electrons. The molecule has 1 amide bonds. The molecule has 4 rings (SSSR count). The number of pyridine rings is 1. The summed E-state index contributed by atoms with van der Waals surface area (Å²) in [4.78, 5) is 20.1. The normalized spacial score (nSPS) is 14.8. The number of benzene rings is 1. The van der Waals surface area contributed by atoms with Gasteiger partial charge in [-0.3, -0.25) is 9.89 Å². The Morgan fingerprint density at radius 3 is 2.76 bits per heavy atom. The zero-order chi connectivity index (χ0) is 20.2. The summed E-state index contributed by atoms with van der Waals surface area (Å²) in [6, 6.07) is 10.3. The lowest BCUT2D eigenvalue weighted by Crippen LogP contribution is -2.33. The van der Waals surface area contributed by atoms with Crippen LogP contribution in [0.4, 0.5) is 5.69 Å². The Morgan fingerprint density at radius 2 is 2.03 bits per heavy atom. The van der Waals surface area contributed by atoms with E-state index in [9.17, 15) is 4.79 Å². The van der Waals surface area contributed by atoms with Crippen LogP contribution >= 0.6 is 0 Å². The summed E-state index contributed by atoms with van der Waals surface area (Å²) in [6.07, 6.45) is 3.57. The van der Waals surface area contributed by atoms with E-state index in [1.54, 1.807) is 6.20 Å². The molecular formula is C22H27N5O2. The van der Waals surface area contributed by atoms with E-state index in [-0.39, 0.29) is 11.9 Å². The van der Waals surface area contributed by atoms with E-state index in [1.807, 2.05) is 49.1 Å². The highest BCUT2D eigenvalue weighted by Crippen LogP contribution is 2.30. The third-order valence-corrected chi connectivity index (χ3v) is 5.45. The van der Waals surface area contributed by atoms with Crippen molar-refractivity contribution in [2.75, 3.05) is 25.1 Å². The molecule has 0 aliphatic carbocycles. The fourth-order valence-corrected chi connectivity index (χ4v) is 3.83. The molecule has 3 aromatic rings. The Labute approximate surface area is 170 Å². The summed E-state index contributed by atoms with van der Waals surface area (Å²) in [6.45, 7) is 6.54. The van der Waals surface area contributed by atoms with E-state index < -0.39 is 0 Å². The van der Waals surface area contributed by atoms with E-state index >= 15 is 0 Å². The fourth-order valence-electron chi connectivity index (χ4n) is 3.83. The van der Waals surface area contributed by atoms with Gasteiger partial charge in [-0.15, -0.1) is 0 Å². The number of ether oxygens (including phenoxy) is 1.